The van der Waals surface area contributed by atoms with Gasteiger partial charge in [-0.25, -0.2) is 4.79 Å². The Morgan fingerprint density at radius 1 is 0.909 bits per heavy atom. The van der Waals surface area contributed by atoms with Crippen molar-refractivity contribution in [3.63, 3.8) is 0 Å². The molecule has 0 saturated heterocycles. The molecule has 0 saturated carbocycles. The van der Waals surface area contributed by atoms with Crippen molar-refractivity contribution in [3.8, 4) is 11.5 Å². The highest BCUT2D eigenvalue weighted by molar-refractivity contribution is 6.10. The van der Waals surface area contributed by atoms with E-state index >= 15 is 0 Å². The fourth-order valence-corrected chi connectivity index (χ4v) is 4.31. The van der Waals surface area contributed by atoms with Gasteiger partial charge in [-0.3, -0.25) is 4.79 Å². The topological polar surface area (TPSA) is 65.7 Å². The smallest absolute Gasteiger partial charge is 0.347 e. The average molecular weight is 451 g/mol. The second-order valence-electron chi connectivity index (χ2n) is 8.48. The van der Waals surface area contributed by atoms with E-state index in [-0.39, 0.29) is 11.3 Å². The first-order chi connectivity index (χ1) is 16.0. The van der Waals surface area contributed by atoms with Gasteiger partial charge in [0.1, 0.15) is 22.6 Å². The van der Waals surface area contributed by atoms with Crippen molar-refractivity contribution in [1.82, 2.24) is 0 Å². The molecule has 3 aromatic rings. The lowest BCUT2D eigenvalue weighted by molar-refractivity contribution is 0.103. The number of rotatable bonds is 12. The zero-order valence-corrected chi connectivity index (χ0v) is 20.1. The summed E-state index contributed by atoms with van der Waals surface area (Å²) < 4.78 is 16.1. The number of unbranched alkanes of at least 4 members (excludes halogenated alkanes) is 3. The minimum absolute atomic E-state index is 0.0107. The van der Waals surface area contributed by atoms with Crippen LogP contribution in [0.25, 0.3) is 11.0 Å². The van der Waals surface area contributed by atoms with Crippen molar-refractivity contribution >= 4 is 16.8 Å². The largest absolute Gasteiger partial charge is 0.496 e. The van der Waals surface area contributed by atoms with Gasteiger partial charge in [-0.1, -0.05) is 70.2 Å². The Hall–Kier alpha value is -3.08. The summed E-state index contributed by atoms with van der Waals surface area (Å²) in [4.78, 5) is 25.8. The van der Waals surface area contributed by atoms with Crippen LogP contribution in [0.15, 0.2) is 51.7 Å². The van der Waals surface area contributed by atoms with Crippen LogP contribution in [0.5, 0.6) is 11.5 Å². The van der Waals surface area contributed by atoms with Crippen LogP contribution >= 0.6 is 0 Å². The van der Waals surface area contributed by atoms with Gasteiger partial charge in [0.15, 0.2) is 5.78 Å². The SMILES string of the molecule is CCCCCCC(CCC)c1ccc(C(=O)c2cc3c(OC)cc(OC)cc3oc2=O)cc1. The number of methoxy groups -OCH3 is 2. The first kappa shape index (κ1) is 24.6. The molecule has 0 fully saturated rings. The molecule has 1 unspecified atom stereocenters. The van der Waals surface area contributed by atoms with E-state index in [2.05, 4.69) is 13.8 Å². The van der Waals surface area contributed by atoms with E-state index in [0.717, 1.165) is 12.8 Å². The third kappa shape index (κ3) is 5.84. The van der Waals surface area contributed by atoms with Gasteiger partial charge in [-0.15, -0.1) is 0 Å². The Kier molecular flexibility index (Phi) is 8.70. The molecule has 3 rings (SSSR count). The Bertz CT molecular complexity index is 1130. The van der Waals surface area contributed by atoms with E-state index in [1.165, 1.54) is 51.9 Å². The molecule has 0 amide bonds. The van der Waals surface area contributed by atoms with Crippen molar-refractivity contribution in [1.29, 1.82) is 0 Å². The first-order valence-corrected chi connectivity index (χ1v) is 11.9. The number of benzene rings is 2. The lowest BCUT2D eigenvalue weighted by Crippen LogP contribution is -2.15. The summed E-state index contributed by atoms with van der Waals surface area (Å²) in [7, 11) is 3.05. The molecule has 5 nitrogen and oxygen atoms in total. The molecule has 2 aromatic carbocycles. The minimum atomic E-state index is -0.674. The average Bonchev–Trinajstić information content (AvgIpc) is 2.84. The van der Waals surface area contributed by atoms with Crippen molar-refractivity contribution in [2.24, 2.45) is 0 Å². The molecule has 1 aromatic heterocycles. The van der Waals surface area contributed by atoms with Crippen LogP contribution in [-0.2, 0) is 0 Å². The van der Waals surface area contributed by atoms with Gasteiger partial charge in [0.2, 0.25) is 0 Å². The second-order valence-corrected chi connectivity index (χ2v) is 8.48. The molecule has 0 spiro atoms. The molecule has 0 aliphatic carbocycles. The molecule has 0 bridgehead atoms. The summed E-state index contributed by atoms with van der Waals surface area (Å²) in [6, 6.07) is 12.5. The lowest BCUT2D eigenvalue weighted by Gasteiger charge is -2.17. The van der Waals surface area contributed by atoms with Gasteiger partial charge in [-0.05, 0) is 30.4 Å². The van der Waals surface area contributed by atoms with E-state index in [0.29, 0.717) is 33.9 Å². The van der Waals surface area contributed by atoms with Gasteiger partial charge < -0.3 is 13.9 Å². The monoisotopic (exact) mass is 450 g/mol. The molecule has 1 heterocycles. The lowest BCUT2D eigenvalue weighted by atomic mass is 9.88. The Balaban J connectivity index is 1.87. The van der Waals surface area contributed by atoms with Crippen LogP contribution < -0.4 is 15.1 Å². The molecule has 0 aliphatic heterocycles. The summed E-state index contributed by atoms with van der Waals surface area (Å²) in [6.07, 6.45) is 8.43. The fourth-order valence-electron chi connectivity index (χ4n) is 4.31. The van der Waals surface area contributed by atoms with E-state index in [1.54, 1.807) is 18.2 Å². The zero-order valence-electron chi connectivity index (χ0n) is 20.1. The highest BCUT2D eigenvalue weighted by Crippen LogP contribution is 2.32. The van der Waals surface area contributed by atoms with Crippen LogP contribution in [0.2, 0.25) is 0 Å². The molecule has 176 valence electrons. The van der Waals surface area contributed by atoms with E-state index in [1.807, 2.05) is 24.3 Å². The predicted molar refractivity (Wildman–Crippen MR) is 132 cm³/mol. The third-order valence-electron chi connectivity index (χ3n) is 6.18. The van der Waals surface area contributed by atoms with Crippen LogP contribution in [0.1, 0.15) is 86.2 Å². The number of fused-ring (bicyclic) bond motifs is 1. The van der Waals surface area contributed by atoms with Crippen LogP contribution in [0.3, 0.4) is 0 Å². The van der Waals surface area contributed by atoms with E-state index in [4.69, 9.17) is 13.9 Å². The predicted octanol–water partition coefficient (Wildman–Crippen LogP) is 6.90. The maximum atomic E-state index is 13.2. The van der Waals surface area contributed by atoms with E-state index in [9.17, 15) is 9.59 Å². The van der Waals surface area contributed by atoms with Crippen molar-refractivity contribution < 1.29 is 18.7 Å². The normalized spacial score (nSPS) is 12.0. The van der Waals surface area contributed by atoms with Gasteiger partial charge in [0, 0.05) is 17.7 Å². The van der Waals surface area contributed by atoms with Crippen molar-refractivity contribution in [2.45, 2.75) is 64.7 Å². The molecular weight excluding hydrogens is 416 g/mol. The molecule has 1 atom stereocenters. The summed E-state index contributed by atoms with van der Waals surface area (Å²) in [5.41, 5.74) is 1.35. The maximum Gasteiger partial charge on any atom is 0.347 e. The summed E-state index contributed by atoms with van der Waals surface area (Å²) >= 11 is 0. The molecule has 33 heavy (non-hydrogen) atoms. The Morgan fingerprint density at radius 3 is 2.30 bits per heavy atom. The summed E-state index contributed by atoms with van der Waals surface area (Å²) in [5.74, 6) is 1.13. The van der Waals surface area contributed by atoms with Crippen LogP contribution in [-0.4, -0.2) is 20.0 Å². The van der Waals surface area contributed by atoms with Crippen LogP contribution in [0.4, 0.5) is 0 Å². The van der Waals surface area contributed by atoms with Crippen molar-refractivity contribution in [3.05, 3.63) is 69.6 Å². The van der Waals surface area contributed by atoms with Gasteiger partial charge in [-0.2, -0.15) is 0 Å². The molecule has 0 aliphatic rings. The number of ether oxygens (including phenoxy) is 2. The van der Waals surface area contributed by atoms with Gasteiger partial charge in [0.25, 0.3) is 0 Å². The number of ketones is 1. The number of hydrogen-bond acceptors (Lipinski definition) is 5. The quantitative estimate of drug-likeness (QED) is 0.171. The first-order valence-electron chi connectivity index (χ1n) is 11.9. The van der Waals surface area contributed by atoms with Gasteiger partial charge >= 0.3 is 5.63 Å². The number of carbonyl (C=O) groups is 1. The fraction of sp³-hybridized carbons (Fsp3) is 0.429. The minimum Gasteiger partial charge on any atom is -0.496 e. The standard InChI is InChI=1S/C28H34O5/c1-5-7-8-9-11-19(10-6-2)20-12-14-21(15-13-20)27(29)24-18-23-25(32-4)16-22(31-3)17-26(23)33-28(24)30/h12-19H,5-11H2,1-4H3. The number of carbonyl (C=O) groups excluding carboxylic acids is 1. The second kappa shape index (κ2) is 11.7. The van der Waals surface area contributed by atoms with E-state index < -0.39 is 5.63 Å². The summed E-state index contributed by atoms with van der Waals surface area (Å²) in [6.45, 7) is 4.43. The molecule has 5 heteroatoms. The Morgan fingerprint density at radius 2 is 1.67 bits per heavy atom. The Labute approximate surface area is 195 Å². The third-order valence-corrected chi connectivity index (χ3v) is 6.18. The highest BCUT2D eigenvalue weighted by Gasteiger charge is 2.19. The van der Waals surface area contributed by atoms with Crippen molar-refractivity contribution in [2.75, 3.05) is 14.2 Å². The zero-order chi connectivity index (χ0) is 23.8. The molecule has 0 N–H and O–H groups in total. The number of hydrogen-bond donors (Lipinski definition) is 0. The summed E-state index contributed by atoms with van der Waals surface area (Å²) in [5, 5.41) is 0.549. The van der Waals surface area contributed by atoms with Gasteiger partial charge in [0.05, 0.1) is 19.6 Å². The molecule has 0 radical (unpaired) electrons. The molecular formula is C28H34O5. The maximum absolute atomic E-state index is 13.2. The highest BCUT2D eigenvalue weighted by atomic mass is 16.5. The van der Waals surface area contributed by atoms with Crippen LogP contribution in [0, 0.1) is 0 Å².